The number of aryl methyl sites for hydroxylation is 1. The SMILES string of the molecule is Cc1ccc(NC(=O)c2ccc(Cl)c(CF)c2)cc1Nc1nccn1-c1cc(Nc2ccccn2)ncn1. The van der Waals surface area contributed by atoms with E-state index in [9.17, 15) is 9.18 Å². The number of benzene rings is 2. The molecule has 190 valence electrons. The van der Waals surface area contributed by atoms with E-state index in [0.29, 0.717) is 34.7 Å². The van der Waals surface area contributed by atoms with Crippen LogP contribution in [0, 0.1) is 6.92 Å². The summed E-state index contributed by atoms with van der Waals surface area (Å²) >= 11 is 5.97. The highest BCUT2D eigenvalue weighted by Crippen LogP contribution is 2.26. The van der Waals surface area contributed by atoms with E-state index in [1.807, 2.05) is 31.2 Å². The molecular formula is C27H22ClFN8O. The van der Waals surface area contributed by atoms with Gasteiger partial charge in [0.05, 0.1) is 0 Å². The van der Waals surface area contributed by atoms with Crippen LogP contribution in [-0.2, 0) is 6.67 Å². The first-order valence-electron chi connectivity index (χ1n) is 11.6. The van der Waals surface area contributed by atoms with E-state index in [4.69, 9.17) is 11.6 Å². The largest absolute Gasteiger partial charge is 0.325 e. The Balaban J connectivity index is 1.35. The van der Waals surface area contributed by atoms with E-state index >= 15 is 0 Å². The Hall–Kier alpha value is -4.83. The Kier molecular flexibility index (Phi) is 7.23. The summed E-state index contributed by atoms with van der Waals surface area (Å²) in [6.45, 7) is 1.19. The molecule has 38 heavy (non-hydrogen) atoms. The molecule has 0 spiro atoms. The number of carbonyl (C=O) groups excluding carboxylic acids is 1. The fraction of sp³-hybridized carbons (Fsp3) is 0.0741. The molecule has 3 heterocycles. The summed E-state index contributed by atoms with van der Waals surface area (Å²) in [6.07, 6.45) is 6.58. The Morgan fingerprint density at radius 2 is 1.84 bits per heavy atom. The summed E-state index contributed by atoms with van der Waals surface area (Å²) in [5.41, 5.74) is 2.80. The summed E-state index contributed by atoms with van der Waals surface area (Å²) in [5, 5.41) is 9.59. The van der Waals surface area contributed by atoms with E-state index in [1.54, 1.807) is 47.4 Å². The predicted octanol–water partition coefficient (Wildman–Crippen LogP) is 6.23. The minimum Gasteiger partial charge on any atom is -0.325 e. The van der Waals surface area contributed by atoms with Crippen molar-refractivity contribution in [3.63, 3.8) is 0 Å². The molecule has 0 atom stereocenters. The zero-order valence-corrected chi connectivity index (χ0v) is 20.9. The van der Waals surface area contributed by atoms with Crippen LogP contribution in [0.1, 0.15) is 21.5 Å². The van der Waals surface area contributed by atoms with Gasteiger partial charge in [0.25, 0.3) is 5.91 Å². The number of alkyl halides is 1. The number of halogens is 2. The Bertz CT molecular complexity index is 1590. The van der Waals surface area contributed by atoms with Crippen molar-refractivity contribution in [2.24, 2.45) is 0 Å². The number of rotatable bonds is 8. The molecule has 3 aromatic heterocycles. The van der Waals surface area contributed by atoms with E-state index in [2.05, 4.69) is 35.9 Å². The number of hydrogen-bond donors (Lipinski definition) is 3. The third kappa shape index (κ3) is 5.60. The van der Waals surface area contributed by atoms with Gasteiger partial charge in [-0.1, -0.05) is 23.7 Å². The normalized spacial score (nSPS) is 10.7. The summed E-state index contributed by atoms with van der Waals surface area (Å²) < 4.78 is 14.9. The summed E-state index contributed by atoms with van der Waals surface area (Å²) in [5.74, 6) is 1.97. The lowest BCUT2D eigenvalue weighted by Crippen LogP contribution is -2.12. The van der Waals surface area contributed by atoms with Crippen LogP contribution < -0.4 is 16.0 Å². The first-order chi connectivity index (χ1) is 18.5. The van der Waals surface area contributed by atoms with Gasteiger partial charge in [-0.25, -0.2) is 24.3 Å². The summed E-state index contributed by atoms with van der Waals surface area (Å²) in [4.78, 5) is 30.1. The van der Waals surface area contributed by atoms with Gasteiger partial charge in [-0.2, -0.15) is 0 Å². The van der Waals surface area contributed by atoms with Gasteiger partial charge < -0.3 is 16.0 Å². The van der Waals surface area contributed by atoms with Crippen molar-refractivity contribution in [1.82, 2.24) is 24.5 Å². The van der Waals surface area contributed by atoms with Gasteiger partial charge in [0, 0.05) is 52.2 Å². The number of nitrogens with one attached hydrogen (secondary N) is 3. The maximum atomic E-state index is 13.2. The molecular weight excluding hydrogens is 507 g/mol. The average molecular weight is 529 g/mol. The molecule has 0 saturated carbocycles. The molecule has 5 aromatic rings. The minimum absolute atomic E-state index is 0.264. The summed E-state index contributed by atoms with van der Waals surface area (Å²) in [6, 6.07) is 17.3. The molecule has 0 aliphatic heterocycles. The smallest absolute Gasteiger partial charge is 0.255 e. The van der Waals surface area contributed by atoms with Crippen molar-refractivity contribution in [2.45, 2.75) is 13.6 Å². The topological polar surface area (TPSA) is 110 Å². The number of amides is 1. The standard InChI is InChI=1S/C27H22ClFN8O/c1-17-5-7-20(34-26(38)18-6-8-21(28)19(12-18)15-29)13-22(17)35-27-31-10-11-37(27)25-14-24(32-16-33-25)36-23-4-2-3-9-30-23/h2-14,16H,15H2,1H3,(H,31,35)(H,34,38)(H,30,32,33,36). The molecule has 2 aromatic carbocycles. The third-order valence-electron chi connectivity index (χ3n) is 5.66. The van der Waals surface area contributed by atoms with Gasteiger partial charge in [-0.3, -0.25) is 9.36 Å². The van der Waals surface area contributed by atoms with Crippen LogP contribution in [0.5, 0.6) is 0 Å². The molecule has 11 heteroatoms. The van der Waals surface area contributed by atoms with Gasteiger partial charge in [-0.05, 0) is 55.0 Å². The highest BCUT2D eigenvalue weighted by atomic mass is 35.5. The summed E-state index contributed by atoms with van der Waals surface area (Å²) in [7, 11) is 0. The fourth-order valence-corrected chi connectivity index (χ4v) is 3.84. The maximum absolute atomic E-state index is 13.2. The molecule has 0 bridgehead atoms. The monoisotopic (exact) mass is 528 g/mol. The van der Waals surface area contributed by atoms with E-state index < -0.39 is 6.67 Å². The predicted molar refractivity (Wildman–Crippen MR) is 145 cm³/mol. The molecule has 5 rings (SSSR count). The Morgan fingerprint density at radius 3 is 2.66 bits per heavy atom. The number of carbonyl (C=O) groups is 1. The van der Waals surface area contributed by atoms with Crippen molar-refractivity contribution in [3.05, 3.63) is 107 Å². The quantitative estimate of drug-likeness (QED) is 0.219. The second kappa shape index (κ2) is 11.1. The van der Waals surface area contributed by atoms with Crippen LogP contribution in [0.15, 0.2) is 85.6 Å². The van der Waals surface area contributed by atoms with Crippen molar-refractivity contribution >= 4 is 46.5 Å². The first-order valence-corrected chi connectivity index (χ1v) is 11.9. The number of pyridine rings is 1. The van der Waals surface area contributed by atoms with Crippen LogP contribution in [0.2, 0.25) is 5.02 Å². The lowest BCUT2D eigenvalue weighted by Gasteiger charge is -2.14. The van der Waals surface area contributed by atoms with E-state index in [-0.39, 0.29) is 16.5 Å². The lowest BCUT2D eigenvalue weighted by molar-refractivity contribution is 0.102. The molecule has 9 nitrogen and oxygen atoms in total. The van der Waals surface area contributed by atoms with Crippen molar-refractivity contribution in [2.75, 3.05) is 16.0 Å². The molecule has 0 unspecified atom stereocenters. The highest BCUT2D eigenvalue weighted by molar-refractivity contribution is 6.31. The molecule has 1 amide bonds. The van der Waals surface area contributed by atoms with Crippen molar-refractivity contribution < 1.29 is 9.18 Å². The van der Waals surface area contributed by atoms with Gasteiger partial charge in [-0.15, -0.1) is 0 Å². The van der Waals surface area contributed by atoms with Crippen molar-refractivity contribution in [3.8, 4) is 5.82 Å². The second-order valence-electron chi connectivity index (χ2n) is 8.27. The van der Waals surface area contributed by atoms with Gasteiger partial charge in [0.1, 0.15) is 30.5 Å². The zero-order chi connectivity index (χ0) is 26.5. The minimum atomic E-state index is -0.752. The number of aromatic nitrogens is 5. The average Bonchev–Trinajstić information content (AvgIpc) is 3.40. The van der Waals surface area contributed by atoms with Crippen LogP contribution in [0.4, 0.5) is 33.3 Å². The van der Waals surface area contributed by atoms with E-state index in [1.165, 1.54) is 18.5 Å². The number of hydrogen-bond acceptors (Lipinski definition) is 7. The van der Waals surface area contributed by atoms with Crippen LogP contribution in [0.3, 0.4) is 0 Å². The van der Waals surface area contributed by atoms with Gasteiger partial charge in [0.2, 0.25) is 5.95 Å². The highest BCUT2D eigenvalue weighted by Gasteiger charge is 2.13. The number of nitrogens with zero attached hydrogens (tertiary/aromatic N) is 5. The zero-order valence-electron chi connectivity index (χ0n) is 20.2. The van der Waals surface area contributed by atoms with Crippen molar-refractivity contribution in [1.29, 1.82) is 0 Å². The van der Waals surface area contributed by atoms with Gasteiger partial charge in [0.15, 0.2) is 0 Å². The van der Waals surface area contributed by atoms with Crippen LogP contribution >= 0.6 is 11.6 Å². The second-order valence-corrected chi connectivity index (χ2v) is 8.68. The lowest BCUT2D eigenvalue weighted by atomic mass is 10.1. The van der Waals surface area contributed by atoms with E-state index in [0.717, 1.165) is 11.3 Å². The maximum Gasteiger partial charge on any atom is 0.255 e. The number of imidazole rings is 1. The van der Waals surface area contributed by atoms with Crippen LogP contribution in [0.25, 0.3) is 5.82 Å². The molecule has 0 fully saturated rings. The van der Waals surface area contributed by atoms with Gasteiger partial charge >= 0.3 is 0 Å². The number of anilines is 5. The molecule has 0 saturated heterocycles. The Labute approximate surface area is 222 Å². The Morgan fingerprint density at radius 1 is 0.947 bits per heavy atom. The first kappa shape index (κ1) is 24.8. The third-order valence-corrected chi connectivity index (χ3v) is 6.02. The molecule has 0 aliphatic rings. The molecule has 3 N–H and O–H groups in total. The fourth-order valence-electron chi connectivity index (χ4n) is 3.67. The molecule has 0 radical (unpaired) electrons. The molecule has 0 aliphatic carbocycles. The van der Waals surface area contributed by atoms with Crippen LogP contribution in [-0.4, -0.2) is 30.4 Å².